The second-order valence-corrected chi connectivity index (χ2v) is 6.66. The van der Waals surface area contributed by atoms with Crippen LogP contribution in [0.2, 0.25) is 0 Å². The number of carbonyl (C=O) groups is 1. The number of carbonyl (C=O) groups excluding carboxylic acids is 1. The quantitative estimate of drug-likeness (QED) is 0.889. The molecule has 1 aliphatic carbocycles. The number of rotatable bonds is 4. The molecule has 124 valence electrons. The summed E-state index contributed by atoms with van der Waals surface area (Å²) in [5.74, 6) is 0. The number of hydrogen-bond donors (Lipinski definition) is 2. The van der Waals surface area contributed by atoms with Gasteiger partial charge in [-0.1, -0.05) is 35.9 Å². The Labute approximate surface area is 136 Å². The molecule has 0 aliphatic heterocycles. The maximum Gasteiger partial charge on any atom is 0.405 e. The summed E-state index contributed by atoms with van der Waals surface area (Å²) in [5, 5.41) is 0. The van der Waals surface area contributed by atoms with Crippen LogP contribution in [0.4, 0.5) is 9.18 Å². The standard InChI is InChI=1S/C18H23FN2O2/c1-12-10-18(19,11-17(2,3)23-16(21)22)15(20)9-14(12)13-7-5-4-6-8-13/h4-9H,10-11,20H2,1-3H3,(H2,21,22). The SMILES string of the molecule is CC1=C(c2ccccc2)C=C(N)C(F)(CC(C)(C)OC(N)=O)C1. The van der Waals surface area contributed by atoms with E-state index in [1.807, 2.05) is 37.3 Å². The molecule has 4 nitrogen and oxygen atoms in total. The van der Waals surface area contributed by atoms with Crippen LogP contribution >= 0.6 is 0 Å². The van der Waals surface area contributed by atoms with Gasteiger partial charge in [0.05, 0.1) is 0 Å². The van der Waals surface area contributed by atoms with Crippen LogP contribution < -0.4 is 11.5 Å². The van der Waals surface area contributed by atoms with Gasteiger partial charge in [0.15, 0.2) is 5.67 Å². The summed E-state index contributed by atoms with van der Waals surface area (Å²) in [7, 11) is 0. The van der Waals surface area contributed by atoms with Crippen LogP contribution in [0.15, 0.2) is 47.7 Å². The largest absolute Gasteiger partial charge is 0.444 e. The summed E-state index contributed by atoms with van der Waals surface area (Å²) in [4.78, 5) is 11.0. The monoisotopic (exact) mass is 318 g/mol. The fourth-order valence-corrected chi connectivity index (χ4v) is 3.12. The number of halogens is 1. The highest BCUT2D eigenvalue weighted by Crippen LogP contribution is 2.42. The normalized spacial score (nSPS) is 21.8. The molecule has 1 aliphatic rings. The summed E-state index contributed by atoms with van der Waals surface area (Å²) >= 11 is 0. The van der Waals surface area contributed by atoms with E-state index in [4.69, 9.17) is 16.2 Å². The first-order valence-corrected chi connectivity index (χ1v) is 7.53. The van der Waals surface area contributed by atoms with Crippen molar-refractivity contribution in [3.8, 4) is 0 Å². The van der Waals surface area contributed by atoms with Gasteiger partial charge in [-0.2, -0.15) is 0 Å². The van der Waals surface area contributed by atoms with E-state index in [0.717, 1.165) is 16.7 Å². The molecule has 4 N–H and O–H groups in total. The Balaban J connectivity index is 2.28. The van der Waals surface area contributed by atoms with Gasteiger partial charge in [0.1, 0.15) is 5.60 Å². The van der Waals surface area contributed by atoms with Crippen LogP contribution in [0.3, 0.4) is 0 Å². The van der Waals surface area contributed by atoms with E-state index in [-0.39, 0.29) is 18.5 Å². The van der Waals surface area contributed by atoms with Crippen molar-refractivity contribution in [2.75, 3.05) is 0 Å². The van der Waals surface area contributed by atoms with Gasteiger partial charge in [0.25, 0.3) is 0 Å². The molecule has 0 saturated heterocycles. The van der Waals surface area contributed by atoms with Gasteiger partial charge in [0.2, 0.25) is 0 Å². The highest BCUT2D eigenvalue weighted by atomic mass is 19.1. The Bertz CT molecular complexity index is 665. The zero-order chi connectivity index (χ0) is 17.3. The molecule has 1 amide bonds. The third-order valence-electron chi connectivity index (χ3n) is 3.99. The van der Waals surface area contributed by atoms with Crippen molar-refractivity contribution in [1.82, 2.24) is 0 Å². The Morgan fingerprint density at radius 1 is 1.35 bits per heavy atom. The van der Waals surface area contributed by atoms with E-state index in [0.29, 0.717) is 0 Å². The summed E-state index contributed by atoms with van der Waals surface area (Å²) < 4.78 is 20.4. The van der Waals surface area contributed by atoms with Gasteiger partial charge in [-0.05, 0) is 38.0 Å². The molecule has 5 heteroatoms. The molecule has 0 aromatic heterocycles. The van der Waals surface area contributed by atoms with Crippen LogP contribution in [0.1, 0.15) is 39.2 Å². The topological polar surface area (TPSA) is 78.3 Å². The van der Waals surface area contributed by atoms with Crippen LogP contribution in [0.5, 0.6) is 0 Å². The lowest BCUT2D eigenvalue weighted by Crippen LogP contribution is -2.43. The molecule has 0 fully saturated rings. The highest BCUT2D eigenvalue weighted by molar-refractivity contribution is 5.79. The van der Waals surface area contributed by atoms with Crippen molar-refractivity contribution in [1.29, 1.82) is 0 Å². The molecule has 0 heterocycles. The van der Waals surface area contributed by atoms with Crippen LogP contribution in [-0.4, -0.2) is 17.4 Å². The first-order chi connectivity index (χ1) is 10.6. The maximum absolute atomic E-state index is 15.4. The van der Waals surface area contributed by atoms with Crippen LogP contribution in [-0.2, 0) is 4.74 Å². The van der Waals surface area contributed by atoms with E-state index < -0.39 is 17.4 Å². The van der Waals surface area contributed by atoms with Gasteiger partial charge >= 0.3 is 6.09 Å². The zero-order valence-corrected chi connectivity index (χ0v) is 13.7. The molecule has 0 spiro atoms. The van der Waals surface area contributed by atoms with Crippen molar-refractivity contribution < 1.29 is 13.9 Å². The van der Waals surface area contributed by atoms with Crippen molar-refractivity contribution in [2.24, 2.45) is 11.5 Å². The molecule has 1 atom stereocenters. The zero-order valence-electron chi connectivity index (χ0n) is 13.7. The minimum absolute atomic E-state index is 0.0509. The Hall–Kier alpha value is -2.30. The lowest BCUT2D eigenvalue weighted by atomic mass is 9.78. The van der Waals surface area contributed by atoms with Gasteiger partial charge in [-0.3, -0.25) is 0 Å². The molecule has 1 unspecified atom stereocenters. The predicted molar refractivity (Wildman–Crippen MR) is 89.1 cm³/mol. The lowest BCUT2D eigenvalue weighted by molar-refractivity contribution is 0.000820. The smallest absolute Gasteiger partial charge is 0.405 e. The summed E-state index contributed by atoms with van der Waals surface area (Å²) in [5.41, 5.74) is 11.3. The second-order valence-electron chi connectivity index (χ2n) is 6.66. The molecule has 2 rings (SSSR count). The first kappa shape index (κ1) is 17.1. The van der Waals surface area contributed by atoms with Crippen molar-refractivity contribution in [3.05, 3.63) is 53.2 Å². The molecule has 0 saturated carbocycles. The third kappa shape index (κ3) is 3.92. The molecular weight excluding hydrogens is 295 g/mol. The number of hydrogen-bond acceptors (Lipinski definition) is 3. The van der Waals surface area contributed by atoms with Gasteiger partial charge in [-0.15, -0.1) is 0 Å². The Morgan fingerprint density at radius 3 is 2.52 bits per heavy atom. The van der Waals surface area contributed by atoms with E-state index in [9.17, 15) is 4.79 Å². The summed E-state index contributed by atoms with van der Waals surface area (Å²) in [6.45, 7) is 5.14. The van der Waals surface area contributed by atoms with Crippen LogP contribution in [0.25, 0.3) is 5.57 Å². The minimum atomic E-state index is -1.76. The van der Waals surface area contributed by atoms with Gasteiger partial charge in [-0.25, -0.2) is 9.18 Å². The van der Waals surface area contributed by atoms with E-state index in [1.165, 1.54) is 0 Å². The van der Waals surface area contributed by atoms with Crippen molar-refractivity contribution in [3.63, 3.8) is 0 Å². The van der Waals surface area contributed by atoms with Gasteiger partial charge in [0, 0.05) is 18.5 Å². The molecule has 1 aromatic rings. The Kier molecular flexibility index (Phi) is 4.50. The van der Waals surface area contributed by atoms with E-state index in [2.05, 4.69) is 0 Å². The number of allylic oxidation sites excluding steroid dienone is 4. The summed E-state index contributed by atoms with van der Waals surface area (Å²) in [6.07, 6.45) is 0.860. The number of alkyl halides is 1. The number of amides is 1. The van der Waals surface area contributed by atoms with E-state index in [1.54, 1.807) is 19.9 Å². The predicted octanol–water partition coefficient (Wildman–Crippen LogP) is 3.68. The number of nitrogens with two attached hydrogens (primary N) is 2. The molecule has 0 bridgehead atoms. The fourth-order valence-electron chi connectivity index (χ4n) is 3.12. The number of benzene rings is 1. The lowest BCUT2D eigenvalue weighted by Gasteiger charge is -2.37. The van der Waals surface area contributed by atoms with Crippen LogP contribution in [0, 0.1) is 0 Å². The minimum Gasteiger partial charge on any atom is -0.444 e. The Morgan fingerprint density at radius 2 is 1.96 bits per heavy atom. The number of ether oxygens (including phenoxy) is 1. The number of primary amides is 1. The highest BCUT2D eigenvalue weighted by Gasteiger charge is 2.43. The average Bonchev–Trinajstić information content (AvgIpc) is 2.41. The second kappa shape index (κ2) is 6.07. The van der Waals surface area contributed by atoms with Crippen molar-refractivity contribution >= 4 is 11.7 Å². The fraction of sp³-hybridized carbons (Fsp3) is 0.389. The molecule has 0 radical (unpaired) electrons. The van der Waals surface area contributed by atoms with Crippen molar-refractivity contribution in [2.45, 2.75) is 44.9 Å². The van der Waals surface area contributed by atoms with Gasteiger partial charge < -0.3 is 16.2 Å². The van der Waals surface area contributed by atoms with E-state index >= 15 is 4.39 Å². The molecule has 23 heavy (non-hydrogen) atoms. The first-order valence-electron chi connectivity index (χ1n) is 7.53. The molecular formula is C18H23FN2O2. The maximum atomic E-state index is 15.4. The summed E-state index contributed by atoms with van der Waals surface area (Å²) in [6, 6.07) is 9.72. The third-order valence-corrected chi connectivity index (χ3v) is 3.99. The average molecular weight is 318 g/mol. The molecule has 1 aromatic carbocycles.